The summed E-state index contributed by atoms with van der Waals surface area (Å²) in [7, 11) is 4.47. The van der Waals surface area contributed by atoms with E-state index in [0.29, 0.717) is 27.8 Å². The normalized spacial score (nSPS) is 10.6. The first-order valence-electron chi connectivity index (χ1n) is 8.38. The van der Waals surface area contributed by atoms with Gasteiger partial charge in [0.15, 0.2) is 18.1 Å². The number of carbonyl (C=O) groups excluding carboxylic acids is 2. The monoisotopic (exact) mass is 473 g/mol. The number of hydrogen-bond donors (Lipinski definition) is 1. The number of amides is 1. The molecule has 0 saturated carbocycles. The third kappa shape index (κ3) is 6.19. The molecule has 0 fully saturated rings. The van der Waals surface area contributed by atoms with Gasteiger partial charge in [-0.05, 0) is 24.3 Å². The van der Waals surface area contributed by atoms with E-state index in [9.17, 15) is 9.59 Å². The molecule has 0 spiro atoms. The largest absolute Gasteiger partial charge is 0.496 e. The third-order valence-electron chi connectivity index (χ3n) is 3.75. The molecule has 0 saturated heterocycles. The van der Waals surface area contributed by atoms with E-state index in [0.717, 1.165) is 6.08 Å². The lowest BCUT2D eigenvalue weighted by atomic mass is 10.1. The van der Waals surface area contributed by atoms with Gasteiger partial charge in [-0.1, -0.05) is 34.8 Å². The molecule has 0 radical (unpaired) electrons. The Morgan fingerprint density at radius 3 is 2.03 bits per heavy atom. The van der Waals surface area contributed by atoms with Crippen LogP contribution in [0.25, 0.3) is 6.08 Å². The van der Waals surface area contributed by atoms with Crippen LogP contribution in [0.4, 0.5) is 5.69 Å². The number of halogens is 3. The number of rotatable bonds is 8. The van der Waals surface area contributed by atoms with Crippen molar-refractivity contribution in [3.8, 4) is 17.2 Å². The summed E-state index contributed by atoms with van der Waals surface area (Å²) in [6.45, 7) is -0.540. The second-order valence-corrected chi connectivity index (χ2v) is 6.93. The molecule has 0 bridgehead atoms. The molecule has 30 heavy (non-hydrogen) atoms. The molecule has 0 aliphatic heterocycles. The molecule has 2 aromatic rings. The molecule has 7 nitrogen and oxygen atoms in total. The summed E-state index contributed by atoms with van der Waals surface area (Å²) in [4.78, 5) is 24.0. The quantitative estimate of drug-likeness (QED) is 0.434. The highest BCUT2D eigenvalue weighted by Gasteiger charge is 2.13. The van der Waals surface area contributed by atoms with E-state index in [-0.39, 0.29) is 15.7 Å². The fourth-order valence-electron chi connectivity index (χ4n) is 2.36. The second kappa shape index (κ2) is 11.0. The van der Waals surface area contributed by atoms with Gasteiger partial charge in [0, 0.05) is 22.7 Å². The van der Waals surface area contributed by atoms with Crippen LogP contribution in [0.1, 0.15) is 5.56 Å². The van der Waals surface area contributed by atoms with Gasteiger partial charge in [0.2, 0.25) is 0 Å². The van der Waals surface area contributed by atoms with Crippen LogP contribution in [0.2, 0.25) is 15.1 Å². The van der Waals surface area contributed by atoms with Crippen LogP contribution in [-0.2, 0) is 14.3 Å². The number of benzene rings is 2. The minimum Gasteiger partial charge on any atom is -0.496 e. The highest BCUT2D eigenvalue weighted by Crippen LogP contribution is 2.35. The van der Waals surface area contributed by atoms with Crippen molar-refractivity contribution >= 4 is 58.4 Å². The van der Waals surface area contributed by atoms with Gasteiger partial charge in [-0.3, -0.25) is 4.79 Å². The minimum absolute atomic E-state index is 0.160. The van der Waals surface area contributed by atoms with Gasteiger partial charge in [-0.25, -0.2) is 4.79 Å². The summed E-state index contributed by atoms with van der Waals surface area (Å²) in [6, 6.07) is 6.11. The van der Waals surface area contributed by atoms with Crippen molar-refractivity contribution in [3.63, 3.8) is 0 Å². The van der Waals surface area contributed by atoms with Crippen LogP contribution in [-0.4, -0.2) is 39.8 Å². The van der Waals surface area contributed by atoms with Crippen LogP contribution in [0.15, 0.2) is 30.3 Å². The van der Waals surface area contributed by atoms with E-state index < -0.39 is 18.5 Å². The van der Waals surface area contributed by atoms with Gasteiger partial charge < -0.3 is 24.3 Å². The summed E-state index contributed by atoms with van der Waals surface area (Å²) in [5.41, 5.74) is 0.727. The SMILES string of the molecule is COc1cc(OC)c(OC)cc1/C=C/C(=O)OCC(=O)Nc1c(Cl)cc(Cl)cc1Cl. The number of esters is 1. The number of nitrogens with one attached hydrogen (secondary N) is 1. The van der Waals surface area contributed by atoms with E-state index in [1.54, 1.807) is 12.1 Å². The first-order valence-corrected chi connectivity index (χ1v) is 9.51. The average molecular weight is 475 g/mol. The summed E-state index contributed by atoms with van der Waals surface area (Å²) in [6.07, 6.45) is 2.62. The topological polar surface area (TPSA) is 83.1 Å². The Balaban J connectivity index is 2.01. The lowest BCUT2D eigenvalue weighted by molar-refractivity contribution is -0.142. The Labute approximate surface area is 188 Å². The van der Waals surface area contributed by atoms with E-state index in [2.05, 4.69) is 5.32 Å². The van der Waals surface area contributed by atoms with E-state index in [1.807, 2.05) is 0 Å². The molecule has 2 rings (SSSR count). The smallest absolute Gasteiger partial charge is 0.331 e. The molecule has 0 unspecified atom stereocenters. The zero-order valence-corrected chi connectivity index (χ0v) is 18.5. The Morgan fingerprint density at radius 2 is 1.47 bits per heavy atom. The van der Waals surface area contributed by atoms with Crippen LogP contribution in [0.5, 0.6) is 17.2 Å². The fourth-order valence-corrected chi connectivity index (χ4v) is 3.27. The number of ether oxygens (including phenoxy) is 4. The number of carbonyl (C=O) groups is 2. The van der Waals surface area contributed by atoms with Crippen molar-refractivity contribution in [2.24, 2.45) is 0 Å². The average Bonchev–Trinajstić information content (AvgIpc) is 2.72. The molecule has 0 aliphatic carbocycles. The van der Waals surface area contributed by atoms with E-state index in [4.69, 9.17) is 53.8 Å². The summed E-state index contributed by atoms with van der Waals surface area (Å²) >= 11 is 17.8. The van der Waals surface area contributed by atoms with Crippen molar-refractivity contribution in [3.05, 3.63) is 51.0 Å². The standard InChI is InChI=1S/C20H18Cl3NO6/c1-27-15-9-17(29-3)16(28-2)6-11(15)4-5-19(26)30-10-18(25)24-20-13(22)7-12(21)8-14(20)23/h4-9H,10H2,1-3H3,(H,24,25)/b5-4+. The predicted octanol–water partition coefficient (Wildman–Crippen LogP) is 4.87. The highest BCUT2D eigenvalue weighted by molar-refractivity contribution is 6.42. The van der Waals surface area contributed by atoms with Gasteiger partial charge in [-0.15, -0.1) is 0 Å². The third-order valence-corrected chi connectivity index (χ3v) is 4.57. The predicted molar refractivity (Wildman–Crippen MR) is 116 cm³/mol. The Morgan fingerprint density at radius 1 is 0.900 bits per heavy atom. The number of anilines is 1. The molecule has 160 valence electrons. The first-order chi connectivity index (χ1) is 14.3. The van der Waals surface area contributed by atoms with Crippen molar-refractivity contribution in [2.45, 2.75) is 0 Å². The molecule has 1 amide bonds. The lowest BCUT2D eigenvalue weighted by Gasteiger charge is -2.12. The second-order valence-electron chi connectivity index (χ2n) is 5.68. The molecular formula is C20H18Cl3NO6. The summed E-state index contributed by atoms with van der Waals surface area (Å²) in [5, 5.41) is 3.11. The minimum atomic E-state index is -0.740. The van der Waals surface area contributed by atoms with Gasteiger partial charge >= 0.3 is 5.97 Å². The van der Waals surface area contributed by atoms with Gasteiger partial charge in [0.25, 0.3) is 5.91 Å². The Bertz CT molecular complexity index is 954. The summed E-state index contributed by atoms with van der Waals surface area (Å²) < 4.78 is 20.6. The van der Waals surface area contributed by atoms with Crippen molar-refractivity contribution in [2.75, 3.05) is 33.3 Å². The fraction of sp³-hybridized carbons (Fsp3) is 0.200. The zero-order valence-electron chi connectivity index (χ0n) is 16.3. The zero-order chi connectivity index (χ0) is 22.3. The van der Waals surface area contributed by atoms with Crippen molar-refractivity contribution in [1.29, 1.82) is 0 Å². The highest BCUT2D eigenvalue weighted by atomic mass is 35.5. The molecule has 10 heteroatoms. The number of hydrogen-bond acceptors (Lipinski definition) is 6. The van der Waals surface area contributed by atoms with Crippen LogP contribution in [0.3, 0.4) is 0 Å². The van der Waals surface area contributed by atoms with E-state index >= 15 is 0 Å². The van der Waals surface area contributed by atoms with Crippen LogP contribution in [0, 0.1) is 0 Å². The molecule has 0 aromatic heterocycles. The van der Waals surface area contributed by atoms with Crippen LogP contribution >= 0.6 is 34.8 Å². The maximum Gasteiger partial charge on any atom is 0.331 e. The Hall–Kier alpha value is -2.61. The molecule has 2 aromatic carbocycles. The molecule has 1 N–H and O–H groups in total. The van der Waals surface area contributed by atoms with Crippen molar-refractivity contribution < 1.29 is 28.5 Å². The molecule has 0 atom stereocenters. The van der Waals surface area contributed by atoms with Gasteiger partial charge in [0.05, 0.1) is 37.1 Å². The van der Waals surface area contributed by atoms with Gasteiger partial charge in [0.1, 0.15) is 5.75 Å². The number of methoxy groups -OCH3 is 3. The summed E-state index contributed by atoms with van der Waals surface area (Å²) in [5.74, 6) is 0.0380. The van der Waals surface area contributed by atoms with Gasteiger partial charge in [-0.2, -0.15) is 0 Å². The van der Waals surface area contributed by atoms with E-state index in [1.165, 1.54) is 39.5 Å². The maximum absolute atomic E-state index is 12.0. The van der Waals surface area contributed by atoms with Crippen molar-refractivity contribution in [1.82, 2.24) is 0 Å². The first kappa shape index (κ1) is 23.7. The molecular weight excluding hydrogens is 457 g/mol. The maximum atomic E-state index is 12.0. The lowest BCUT2D eigenvalue weighted by Crippen LogP contribution is -2.20. The van der Waals surface area contributed by atoms with Crippen LogP contribution < -0.4 is 19.5 Å². The Kier molecular flexibility index (Phi) is 8.65. The molecule has 0 heterocycles. The molecule has 0 aliphatic rings.